The van der Waals surface area contributed by atoms with Gasteiger partial charge in [-0.05, 0) is 38.5 Å². The molecule has 1 aliphatic carbocycles. The lowest BCUT2D eigenvalue weighted by Gasteiger charge is -2.06. The van der Waals surface area contributed by atoms with Crippen molar-refractivity contribution in [3.63, 3.8) is 0 Å². The maximum atomic E-state index is 4.58. The number of allylic oxidation sites excluding steroid dienone is 8. The second-order valence-electron chi connectivity index (χ2n) is 3.63. The maximum absolute atomic E-state index is 4.58. The van der Waals surface area contributed by atoms with Crippen molar-refractivity contribution in [3.8, 4) is 0 Å². The number of hydrogen-bond donors (Lipinski definition) is 0. The lowest BCUT2D eigenvalue weighted by Crippen LogP contribution is -1.99. The van der Waals surface area contributed by atoms with Crippen molar-refractivity contribution < 1.29 is 0 Å². The van der Waals surface area contributed by atoms with Crippen molar-refractivity contribution >= 4 is 5.71 Å². The molecule has 0 heterocycles. The molecule has 0 saturated heterocycles. The van der Waals surface area contributed by atoms with E-state index in [1.165, 1.54) is 5.57 Å². The first-order valence-corrected chi connectivity index (χ1v) is 5.08. The number of hydrogen-bond acceptors (Lipinski definition) is 1. The van der Waals surface area contributed by atoms with Gasteiger partial charge in [-0.3, -0.25) is 0 Å². The molecule has 0 unspecified atom stereocenters. The van der Waals surface area contributed by atoms with Crippen LogP contribution in [0.25, 0.3) is 0 Å². The second-order valence-corrected chi connectivity index (χ2v) is 3.63. The van der Waals surface area contributed by atoms with E-state index in [0.717, 1.165) is 17.0 Å². The Labute approximate surface area is 91.9 Å². The van der Waals surface area contributed by atoms with Crippen LogP contribution < -0.4 is 0 Å². The standard InChI is InChI=1S/C14H17N/c1-5-8-13(11(2)3)15-14-10-7-6-9-12(14)4/h5-10H,4H2,1-3H3/b8-5+,15-14-. The average molecular weight is 199 g/mol. The van der Waals surface area contributed by atoms with Gasteiger partial charge in [-0.2, -0.15) is 0 Å². The topological polar surface area (TPSA) is 12.4 Å². The summed E-state index contributed by atoms with van der Waals surface area (Å²) in [7, 11) is 0. The van der Waals surface area contributed by atoms with Crippen LogP contribution in [0.3, 0.4) is 0 Å². The third-order valence-electron chi connectivity index (χ3n) is 2.07. The van der Waals surface area contributed by atoms with Crippen molar-refractivity contribution in [1.82, 2.24) is 0 Å². The number of aliphatic imine (C=N–C) groups is 1. The molecule has 0 aromatic rings. The summed E-state index contributed by atoms with van der Waals surface area (Å²) >= 11 is 0. The summed E-state index contributed by atoms with van der Waals surface area (Å²) in [6.07, 6.45) is 11.9. The van der Waals surface area contributed by atoms with Crippen LogP contribution >= 0.6 is 0 Å². The molecule has 0 fully saturated rings. The summed E-state index contributed by atoms with van der Waals surface area (Å²) in [6, 6.07) is 0. The lowest BCUT2D eigenvalue weighted by atomic mass is 10.1. The van der Waals surface area contributed by atoms with Gasteiger partial charge in [-0.15, -0.1) is 0 Å². The van der Waals surface area contributed by atoms with Crippen molar-refractivity contribution in [3.05, 3.63) is 59.9 Å². The van der Waals surface area contributed by atoms with E-state index in [2.05, 4.69) is 25.4 Å². The summed E-state index contributed by atoms with van der Waals surface area (Å²) in [5, 5.41) is 0. The van der Waals surface area contributed by atoms with Gasteiger partial charge in [0, 0.05) is 0 Å². The molecule has 0 aliphatic heterocycles. The van der Waals surface area contributed by atoms with Crippen molar-refractivity contribution in [1.29, 1.82) is 0 Å². The highest BCUT2D eigenvalue weighted by atomic mass is 14.8. The van der Waals surface area contributed by atoms with Crippen molar-refractivity contribution in [2.45, 2.75) is 20.8 Å². The summed E-state index contributed by atoms with van der Waals surface area (Å²) in [4.78, 5) is 4.58. The summed E-state index contributed by atoms with van der Waals surface area (Å²) in [5.74, 6) is 0. The van der Waals surface area contributed by atoms with Crippen LogP contribution in [0.2, 0.25) is 0 Å². The van der Waals surface area contributed by atoms with Gasteiger partial charge in [-0.25, -0.2) is 4.99 Å². The predicted molar refractivity (Wildman–Crippen MR) is 68.0 cm³/mol. The highest BCUT2D eigenvalue weighted by Gasteiger charge is 2.02. The van der Waals surface area contributed by atoms with E-state index in [0.29, 0.717) is 0 Å². The molecule has 15 heavy (non-hydrogen) atoms. The van der Waals surface area contributed by atoms with Gasteiger partial charge in [0.25, 0.3) is 0 Å². The fraction of sp³-hybridized carbons (Fsp3) is 0.214. The van der Waals surface area contributed by atoms with E-state index in [4.69, 9.17) is 0 Å². The molecule has 0 atom stereocenters. The molecular weight excluding hydrogens is 182 g/mol. The van der Waals surface area contributed by atoms with Crippen LogP contribution in [0.4, 0.5) is 0 Å². The molecule has 0 saturated carbocycles. The lowest BCUT2D eigenvalue weighted by molar-refractivity contribution is 1.25. The van der Waals surface area contributed by atoms with Gasteiger partial charge in [-0.1, -0.05) is 36.5 Å². The molecule has 1 aliphatic rings. The van der Waals surface area contributed by atoms with Gasteiger partial charge in [0.05, 0.1) is 11.4 Å². The van der Waals surface area contributed by atoms with Gasteiger partial charge >= 0.3 is 0 Å². The van der Waals surface area contributed by atoms with Gasteiger partial charge in [0.1, 0.15) is 0 Å². The molecule has 0 spiro atoms. The molecule has 1 rings (SSSR count). The zero-order valence-corrected chi connectivity index (χ0v) is 9.62. The largest absolute Gasteiger partial charge is 0.249 e. The van der Waals surface area contributed by atoms with E-state index in [-0.39, 0.29) is 0 Å². The van der Waals surface area contributed by atoms with Crippen LogP contribution in [-0.2, 0) is 0 Å². The van der Waals surface area contributed by atoms with E-state index in [1.807, 2.05) is 43.4 Å². The maximum Gasteiger partial charge on any atom is 0.0703 e. The highest BCUT2D eigenvalue weighted by Crippen LogP contribution is 2.13. The Kier molecular flexibility index (Phi) is 4.04. The van der Waals surface area contributed by atoms with E-state index in [1.54, 1.807) is 0 Å². The number of nitrogens with zero attached hydrogens (tertiary/aromatic N) is 1. The molecule has 0 bridgehead atoms. The van der Waals surface area contributed by atoms with Crippen LogP contribution in [-0.4, -0.2) is 5.71 Å². The molecule has 1 heteroatoms. The summed E-state index contributed by atoms with van der Waals surface area (Å²) < 4.78 is 0. The minimum absolute atomic E-state index is 0.937. The number of rotatable bonds is 2. The third kappa shape index (κ3) is 3.21. The molecule has 0 N–H and O–H groups in total. The highest BCUT2D eigenvalue weighted by molar-refractivity contribution is 6.11. The predicted octanol–water partition coefficient (Wildman–Crippen LogP) is 3.98. The Bertz CT molecular complexity index is 397. The first-order chi connectivity index (χ1) is 7.15. The Morgan fingerprint density at radius 1 is 1.27 bits per heavy atom. The first kappa shape index (κ1) is 11.4. The Hall–Kier alpha value is -1.63. The minimum Gasteiger partial charge on any atom is -0.249 e. The third-order valence-corrected chi connectivity index (χ3v) is 2.07. The molecule has 1 nitrogen and oxygen atoms in total. The van der Waals surface area contributed by atoms with Gasteiger partial charge in [0.15, 0.2) is 0 Å². The first-order valence-electron chi connectivity index (χ1n) is 5.08. The van der Waals surface area contributed by atoms with Gasteiger partial charge < -0.3 is 0 Å². The van der Waals surface area contributed by atoms with Crippen molar-refractivity contribution in [2.75, 3.05) is 0 Å². The van der Waals surface area contributed by atoms with Crippen LogP contribution in [0.1, 0.15) is 20.8 Å². The second kappa shape index (κ2) is 5.30. The molecule has 0 aromatic carbocycles. The fourth-order valence-corrected chi connectivity index (χ4v) is 1.22. The van der Waals surface area contributed by atoms with Crippen LogP contribution in [0.5, 0.6) is 0 Å². The van der Waals surface area contributed by atoms with E-state index >= 15 is 0 Å². The zero-order chi connectivity index (χ0) is 11.3. The Balaban J connectivity index is 3.05. The average Bonchev–Trinajstić information content (AvgIpc) is 2.20. The van der Waals surface area contributed by atoms with Gasteiger partial charge in [0.2, 0.25) is 0 Å². The van der Waals surface area contributed by atoms with E-state index in [9.17, 15) is 0 Å². The Morgan fingerprint density at radius 3 is 2.47 bits per heavy atom. The van der Waals surface area contributed by atoms with Crippen LogP contribution in [0, 0.1) is 0 Å². The molecule has 0 aromatic heterocycles. The smallest absolute Gasteiger partial charge is 0.0703 e. The molecule has 0 radical (unpaired) electrons. The SMILES string of the molecule is C=C1C=CC=C/C1=N/C(/C=C/C)=C(C)C. The molecule has 0 amide bonds. The summed E-state index contributed by atoms with van der Waals surface area (Å²) in [6.45, 7) is 10.1. The minimum atomic E-state index is 0.937. The quantitative estimate of drug-likeness (QED) is 0.596. The molecule has 78 valence electrons. The van der Waals surface area contributed by atoms with E-state index < -0.39 is 0 Å². The Morgan fingerprint density at radius 2 is 1.93 bits per heavy atom. The van der Waals surface area contributed by atoms with Crippen LogP contribution in [0.15, 0.2) is 64.9 Å². The summed E-state index contributed by atoms with van der Waals surface area (Å²) in [5.41, 5.74) is 4.11. The monoisotopic (exact) mass is 199 g/mol. The van der Waals surface area contributed by atoms with Crippen molar-refractivity contribution in [2.24, 2.45) is 4.99 Å². The normalized spacial score (nSPS) is 17.8. The molecular formula is C14H17N. The zero-order valence-electron chi connectivity index (χ0n) is 9.62. The fourth-order valence-electron chi connectivity index (χ4n) is 1.22.